The summed E-state index contributed by atoms with van der Waals surface area (Å²) in [4.78, 5) is 24.6. The molecule has 21 heavy (non-hydrogen) atoms. The van der Waals surface area contributed by atoms with Gasteiger partial charge in [0.2, 0.25) is 0 Å². The fourth-order valence-corrected chi connectivity index (χ4v) is 1.70. The van der Waals surface area contributed by atoms with Crippen LogP contribution in [0.4, 0.5) is 0 Å². The molecule has 5 nitrogen and oxygen atoms in total. The van der Waals surface area contributed by atoms with Crippen molar-refractivity contribution in [3.05, 3.63) is 51.3 Å². The highest BCUT2D eigenvalue weighted by Gasteiger charge is 2.07. The van der Waals surface area contributed by atoms with Gasteiger partial charge in [-0.15, -0.1) is 4.74 Å². The maximum absolute atomic E-state index is 12.3. The Balaban J connectivity index is 0.00000106. The third-order valence-electron chi connectivity index (χ3n) is 2.47. The third-order valence-corrected chi connectivity index (χ3v) is 2.47. The molecule has 0 spiro atoms. The predicted molar refractivity (Wildman–Crippen MR) is 83.6 cm³/mol. The van der Waals surface area contributed by atoms with Crippen molar-refractivity contribution in [1.82, 2.24) is 9.64 Å². The molecule has 0 amide bonds. The second kappa shape index (κ2) is 7.89. The molecular formula is C16H20N2O3. The Morgan fingerprint density at radius 1 is 1.14 bits per heavy atom. The molecule has 112 valence electrons. The molecule has 0 saturated heterocycles. The fourth-order valence-electron chi connectivity index (χ4n) is 1.70. The van der Waals surface area contributed by atoms with Crippen molar-refractivity contribution in [1.29, 1.82) is 0 Å². The topological polar surface area (TPSA) is 55.5 Å². The molecule has 0 saturated carbocycles. The van der Waals surface area contributed by atoms with Crippen LogP contribution in [0, 0.1) is 0 Å². The maximum Gasteiger partial charge on any atom is 0.296 e. The molecule has 5 heteroatoms. The number of aldehydes is 1. The Bertz CT molecular complexity index is 740. The van der Waals surface area contributed by atoms with Crippen LogP contribution >= 0.6 is 0 Å². The summed E-state index contributed by atoms with van der Waals surface area (Å²) in [7, 11) is 3.59. The van der Waals surface area contributed by atoms with Gasteiger partial charge in [-0.1, -0.05) is 32.0 Å². The highest BCUT2D eigenvalue weighted by molar-refractivity contribution is 5.85. The van der Waals surface area contributed by atoms with E-state index in [2.05, 4.69) is 0 Å². The van der Waals surface area contributed by atoms with E-state index in [1.165, 1.54) is 10.8 Å². The van der Waals surface area contributed by atoms with Gasteiger partial charge in [0.05, 0.1) is 5.69 Å². The van der Waals surface area contributed by atoms with Crippen molar-refractivity contribution < 1.29 is 9.32 Å². The van der Waals surface area contributed by atoms with Crippen LogP contribution in [-0.4, -0.2) is 30.0 Å². The van der Waals surface area contributed by atoms with Crippen molar-refractivity contribution >= 4 is 18.6 Å². The molecule has 0 radical (unpaired) electrons. The van der Waals surface area contributed by atoms with Gasteiger partial charge in [-0.3, -0.25) is 9.59 Å². The largest absolute Gasteiger partial charge is 0.383 e. The molecule has 2 aromatic rings. The zero-order chi connectivity index (χ0) is 15.8. The van der Waals surface area contributed by atoms with E-state index in [4.69, 9.17) is 4.52 Å². The molecule has 0 fully saturated rings. The average Bonchev–Trinajstić information content (AvgIpc) is 2.79. The monoisotopic (exact) mass is 288 g/mol. The number of para-hydroxylation sites is 1. The Kier molecular flexibility index (Phi) is 6.20. The molecule has 0 atom stereocenters. The van der Waals surface area contributed by atoms with Crippen LogP contribution < -0.4 is 16.2 Å². The summed E-state index contributed by atoms with van der Waals surface area (Å²) >= 11 is 0. The van der Waals surface area contributed by atoms with Crippen LogP contribution in [0.3, 0.4) is 0 Å². The Morgan fingerprint density at radius 3 is 2.29 bits per heavy atom. The van der Waals surface area contributed by atoms with E-state index >= 15 is 0 Å². The lowest BCUT2D eigenvalue weighted by molar-refractivity contribution is -0.103. The number of carbonyl (C=O) groups excluding carboxylic acids is 1. The molecule has 0 aliphatic rings. The van der Waals surface area contributed by atoms with E-state index < -0.39 is 0 Å². The van der Waals surface area contributed by atoms with E-state index in [9.17, 15) is 9.59 Å². The van der Waals surface area contributed by atoms with Crippen molar-refractivity contribution in [3.8, 4) is 5.69 Å². The zero-order valence-corrected chi connectivity index (χ0v) is 12.7. The summed E-state index contributed by atoms with van der Waals surface area (Å²) in [6.45, 7) is 4.00. The summed E-state index contributed by atoms with van der Waals surface area (Å²) in [6.07, 6.45) is 3.46. The Hall–Kier alpha value is -2.56. The van der Waals surface area contributed by atoms with Crippen LogP contribution in [0.5, 0.6) is 0 Å². The molecule has 1 aromatic heterocycles. The van der Waals surface area contributed by atoms with Gasteiger partial charge >= 0.3 is 0 Å². The van der Waals surface area contributed by atoms with Crippen molar-refractivity contribution in [2.24, 2.45) is 0 Å². The molecule has 1 aromatic carbocycles. The standard InChI is InChI=1S/C14H14N2O3.C2H6/c1-15(2)10-12-13(8-9-17)19-16(14(12)18)11-6-4-3-5-7-11;1-2/h3-10H,1-2H3;1-2H3/b12-10+,13-8+;. The first-order chi connectivity index (χ1) is 10.1. The van der Waals surface area contributed by atoms with Gasteiger partial charge in [-0.05, 0) is 12.1 Å². The highest BCUT2D eigenvalue weighted by Crippen LogP contribution is 2.00. The molecule has 0 N–H and O–H groups in total. The smallest absolute Gasteiger partial charge is 0.296 e. The Morgan fingerprint density at radius 2 is 1.76 bits per heavy atom. The zero-order valence-electron chi connectivity index (χ0n) is 12.7. The number of nitrogens with zero attached hydrogens (tertiary/aromatic N) is 2. The molecule has 0 unspecified atom stereocenters. The van der Waals surface area contributed by atoms with E-state index in [1.54, 1.807) is 37.3 Å². The molecular weight excluding hydrogens is 268 g/mol. The van der Waals surface area contributed by atoms with Gasteiger partial charge < -0.3 is 9.42 Å². The number of hydrogen-bond acceptors (Lipinski definition) is 4. The van der Waals surface area contributed by atoms with Gasteiger partial charge in [-0.2, -0.15) is 0 Å². The number of hydrogen-bond donors (Lipinski definition) is 0. The first-order valence-electron chi connectivity index (χ1n) is 6.75. The van der Waals surface area contributed by atoms with Gasteiger partial charge in [0.1, 0.15) is 11.5 Å². The maximum atomic E-state index is 12.3. The first-order valence-corrected chi connectivity index (χ1v) is 6.75. The molecule has 0 aliphatic carbocycles. The second-order valence-electron chi connectivity index (χ2n) is 4.20. The summed E-state index contributed by atoms with van der Waals surface area (Å²) in [5.74, 6) is 0. The lowest BCUT2D eigenvalue weighted by Crippen LogP contribution is -2.36. The normalized spacial score (nSPS) is 11.8. The quantitative estimate of drug-likeness (QED) is 0.782. The summed E-state index contributed by atoms with van der Waals surface area (Å²) < 4.78 is 6.60. The minimum absolute atomic E-state index is 0.248. The van der Waals surface area contributed by atoms with E-state index in [0.717, 1.165) is 0 Å². The van der Waals surface area contributed by atoms with Gasteiger partial charge in [0, 0.05) is 26.4 Å². The van der Waals surface area contributed by atoms with Crippen molar-refractivity contribution in [3.63, 3.8) is 0 Å². The van der Waals surface area contributed by atoms with E-state index in [1.807, 2.05) is 32.0 Å². The van der Waals surface area contributed by atoms with Crippen LogP contribution in [0.1, 0.15) is 13.8 Å². The minimum Gasteiger partial charge on any atom is -0.383 e. The molecule has 2 rings (SSSR count). The lowest BCUT2D eigenvalue weighted by atomic mass is 10.3. The first kappa shape index (κ1) is 16.5. The van der Waals surface area contributed by atoms with Gasteiger partial charge in [0.15, 0.2) is 5.42 Å². The summed E-state index contributed by atoms with van der Waals surface area (Å²) in [5.41, 5.74) is 0.567. The lowest BCUT2D eigenvalue weighted by Gasteiger charge is -2.00. The summed E-state index contributed by atoms with van der Waals surface area (Å²) in [6, 6.07) is 8.98. The van der Waals surface area contributed by atoms with Gasteiger partial charge in [0.25, 0.3) is 5.56 Å². The van der Waals surface area contributed by atoms with Crippen LogP contribution in [0.2, 0.25) is 0 Å². The predicted octanol–water partition coefficient (Wildman–Crippen LogP) is 0.736. The Labute approximate surface area is 123 Å². The number of benzene rings is 1. The number of aromatic nitrogens is 1. The van der Waals surface area contributed by atoms with Crippen LogP contribution in [-0.2, 0) is 4.79 Å². The van der Waals surface area contributed by atoms with Crippen molar-refractivity contribution in [2.45, 2.75) is 13.8 Å². The second-order valence-corrected chi connectivity index (χ2v) is 4.20. The minimum atomic E-state index is -0.298. The van der Waals surface area contributed by atoms with E-state index in [0.29, 0.717) is 17.2 Å². The number of carbonyl (C=O) groups is 1. The molecule has 0 aliphatic heterocycles. The van der Waals surface area contributed by atoms with Gasteiger partial charge in [-0.25, -0.2) is 0 Å². The number of rotatable bonds is 3. The van der Waals surface area contributed by atoms with Crippen LogP contribution in [0.15, 0.2) is 39.6 Å². The van der Waals surface area contributed by atoms with Crippen molar-refractivity contribution in [2.75, 3.05) is 14.1 Å². The molecule has 0 bridgehead atoms. The van der Waals surface area contributed by atoms with Crippen LogP contribution in [0.25, 0.3) is 18.0 Å². The third kappa shape index (κ3) is 3.95. The summed E-state index contributed by atoms with van der Waals surface area (Å²) in [5, 5.41) is 0.348. The SMILES string of the molecule is CC.CN(C)/C=c1/c(=O)n(-c2ccccc2)o/c1=C/C=O. The highest BCUT2D eigenvalue weighted by atomic mass is 16.5. The van der Waals surface area contributed by atoms with E-state index in [-0.39, 0.29) is 11.0 Å². The average molecular weight is 288 g/mol. The molecule has 1 heterocycles. The fraction of sp³-hybridized carbons (Fsp3) is 0.250.